The van der Waals surface area contributed by atoms with Crippen LogP contribution in [0.5, 0.6) is 0 Å². The number of nitrogen functional groups attached to an aromatic ring is 1. The molecular weight excluding hydrogens is 860 g/mol. The minimum atomic E-state index is -3.73. The lowest BCUT2D eigenvalue weighted by atomic mass is 9.89. The number of aromatic nitrogens is 4. The van der Waals surface area contributed by atoms with E-state index in [0.717, 1.165) is 48.5 Å². The summed E-state index contributed by atoms with van der Waals surface area (Å²) in [6.07, 6.45) is 10.4. The standard InChI is InChI=1S/C45H55FN10O6S2/c1-2-26-64(61,62)53-34-5-3-4-33(39(34)46)40-41(35-12-19-48-45(47)50-35)63-38(52-40)11-6-28-13-20-55(21-14-28)43(59)30-17-24-56(25-18-30)44(60)29-15-22-54(23-16-29)36-9-7-31(27-49-36)32-8-10-37(57)51-42(32)58/h3-5,7,9,12,19,27-30,32,53H,2,6,8,10-11,13-18,20-26H2,1H3,(H2,47,48,50)(H,51,57,58)/t32-/m1/s1. The number of likely N-dealkylation sites (tertiary alicyclic amines) is 2. The smallest absolute Gasteiger partial charge is 0.234 e. The molecule has 0 radical (unpaired) electrons. The number of carbonyl (C=O) groups excluding carboxylic acids is 4. The van der Waals surface area contributed by atoms with Gasteiger partial charge in [-0.1, -0.05) is 19.1 Å². The van der Waals surface area contributed by atoms with Crippen molar-refractivity contribution < 1.29 is 32.0 Å². The number of nitrogens with one attached hydrogen (secondary N) is 2. The van der Waals surface area contributed by atoms with Crippen LogP contribution in [0.3, 0.4) is 0 Å². The van der Waals surface area contributed by atoms with E-state index in [2.05, 4.69) is 29.9 Å². The summed E-state index contributed by atoms with van der Waals surface area (Å²) < 4.78 is 43.4. The van der Waals surface area contributed by atoms with Crippen LogP contribution in [0.2, 0.25) is 0 Å². The summed E-state index contributed by atoms with van der Waals surface area (Å²) in [4.78, 5) is 75.7. The monoisotopic (exact) mass is 914 g/mol. The number of hydrogen-bond donors (Lipinski definition) is 3. The number of nitrogens with two attached hydrogens (primary N) is 1. The third-order valence-corrected chi connectivity index (χ3v) is 15.6. The first-order chi connectivity index (χ1) is 30.9. The number of halogens is 1. The molecule has 4 aromatic rings. The number of carbonyl (C=O) groups is 4. The summed E-state index contributed by atoms with van der Waals surface area (Å²) in [5.74, 6) is -0.300. The van der Waals surface area contributed by atoms with E-state index in [0.29, 0.717) is 100.0 Å². The molecule has 3 aromatic heterocycles. The summed E-state index contributed by atoms with van der Waals surface area (Å²) in [6.45, 7) is 5.67. The number of piperidine rings is 4. The number of benzene rings is 1. The first-order valence-electron chi connectivity index (χ1n) is 22.4. The molecule has 4 fully saturated rings. The number of rotatable bonds is 13. The molecule has 0 aliphatic carbocycles. The maximum absolute atomic E-state index is 16.0. The SMILES string of the molecule is CCCS(=O)(=O)Nc1cccc(-c2nc(CCC3CCN(C(=O)C4CCN(C(=O)C5CCN(c6ccc([C@H]7CCC(=O)NC7=O)cn6)CC5)CC4)CC3)sc2-c2ccnc(N)n2)c1F. The Kier molecular flexibility index (Phi) is 13.8. The van der Waals surface area contributed by atoms with E-state index in [9.17, 15) is 27.6 Å². The van der Waals surface area contributed by atoms with Crippen molar-refractivity contribution in [2.24, 2.45) is 17.8 Å². The second kappa shape index (κ2) is 19.7. The summed E-state index contributed by atoms with van der Waals surface area (Å²) in [7, 11) is -3.73. The lowest BCUT2D eigenvalue weighted by Gasteiger charge is -2.39. The fourth-order valence-corrected chi connectivity index (χ4v) is 11.6. The van der Waals surface area contributed by atoms with E-state index in [1.165, 1.54) is 23.6 Å². The molecule has 1 atom stereocenters. The summed E-state index contributed by atoms with van der Waals surface area (Å²) >= 11 is 1.40. The number of amides is 4. The van der Waals surface area contributed by atoms with Gasteiger partial charge in [-0.15, -0.1) is 11.3 Å². The van der Waals surface area contributed by atoms with Gasteiger partial charge in [0, 0.05) is 75.5 Å². The fraction of sp³-hybridized carbons (Fsp3) is 0.511. The van der Waals surface area contributed by atoms with Gasteiger partial charge in [0.1, 0.15) is 5.82 Å². The Labute approximate surface area is 376 Å². The molecule has 4 N–H and O–H groups in total. The van der Waals surface area contributed by atoms with Gasteiger partial charge in [-0.05, 0) is 100.0 Å². The van der Waals surface area contributed by atoms with Crippen molar-refractivity contribution in [2.75, 3.05) is 60.4 Å². The molecule has 4 amide bonds. The van der Waals surface area contributed by atoms with Crippen LogP contribution >= 0.6 is 11.3 Å². The normalized spacial score (nSPS) is 19.5. The van der Waals surface area contributed by atoms with Crippen LogP contribution in [0.15, 0.2) is 48.8 Å². The van der Waals surface area contributed by atoms with Crippen molar-refractivity contribution >= 4 is 62.4 Å². The minimum Gasteiger partial charge on any atom is -0.368 e. The van der Waals surface area contributed by atoms with Crippen LogP contribution < -0.4 is 20.7 Å². The molecule has 4 saturated heterocycles. The van der Waals surface area contributed by atoms with E-state index in [1.54, 1.807) is 31.3 Å². The highest BCUT2D eigenvalue weighted by atomic mass is 32.2. The highest BCUT2D eigenvalue weighted by Gasteiger charge is 2.36. The van der Waals surface area contributed by atoms with E-state index >= 15 is 4.39 Å². The van der Waals surface area contributed by atoms with E-state index < -0.39 is 15.8 Å². The van der Waals surface area contributed by atoms with E-state index in [4.69, 9.17) is 10.7 Å². The van der Waals surface area contributed by atoms with E-state index in [-0.39, 0.29) is 64.3 Å². The molecule has 7 heterocycles. The summed E-state index contributed by atoms with van der Waals surface area (Å²) in [6, 6.07) is 10.1. The molecule has 8 rings (SSSR count). The Morgan fingerprint density at radius 3 is 2.22 bits per heavy atom. The second-order valence-electron chi connectivity index (χ2n) is 17.3. The van der Waals surface area contributed by atoms with Crippen molar-refractivity contribution in [3.8, 4) is 21.8 Å². The highest BCUT2D eigenvalue weighted by Crippen LogP contribution is 2.40. The minimum absolute atomic E-state index is 0.0648. The average molecular weight is 915 g/mol. The molecule has 340 valence electrons. The zero-order valence-corrected chi connectivity index (χ0v) is 37.6. The molecule has 4 aliphatic heterocycles. The lowest BCUT2D eigenvalue weighted by molar-refractivity contribution is -0.143. The first-order valence-corrected chi connectivity index (χ1v) is 24.8. The quantitative estimate of drug-likeness (QED) is 0.144. The van der Waals surface area contributed by atoms with Crippen molar-refractivity contribution in [1.29, 1.82) is 0 Å². The van der Waals surface area contributed by atoms with Crippen molar-refractivity contribution in [2.45, 2.75) is 83.5 Å². The molecule has 4 aliphatic rings. The number of anilines is 3. The number of thiazole rings is 1. The predicted molar refractivity (Wildman–Crippen MR) is 242 cm³/mol. The Hall–Kier alpha value is -5.56. The number of aryl methyl sites for hydroxylation is 1. The highest BCUT2D eigenvalue weighted by molar-refractivity contribution is 7.92. The lowest BCUT2D eigenvalue weighted by Crippen LogP contribution is -2.49. The molecule has 0 spiro atoms. The van der Waals surface area contributed by atoms with Crippen LogP contribution in [-0.2, 0) is 35.6 Å². The predicted octanol–water partition coefficient (Wildman–Crippen LogP) is 5.38. The number of imide groups is 1. The van der Waals surface area contributed by atoms with Gasteiger partial charge in [-0.3, -0.25) is 29.2 Å². The van der Waals surface area contributed by atoms with E-state index in [1.807, 2.05) is 21.9 Å². The van der Waals surface area contributed by atoms with Crippen LogP contribution in [0.25, 0.3) is 21.8 Å². The number of pyridine rings is 1. The third kappa shape index (κ3) is 10.4. The van der Waals surface area contributed by atoms with Gasteiger partial charge in [-0.25, -0.2) is 32.7 Å². The zero-order chi connectivity index (χ0) is 45.0. The van der Waals surface area contributed by atoms with Crippen molar-refractivity contribution in [1.82, 2.24) is 35.1 Å². The first kappa shape index (κ1) is 45.0. The molecule has 0 unspecified atom stereocenters. The zero-order valence-electron chi connectivity index (χ0n) is 36.0. The summed E-state index contributed by atoms with van der Waals surface area (Å²) in [5.41, 5.74) is 7.58. The van der Waals surface area contributed by atoms with Crippen LogP contribution in [-0.4, -0.2) is 107 Å². The van der Waals surface area contributed by atoms with Crippen LogP contribution in [0, 0.1) is 23.6 Å². The largest absolute Gasteiger partial charge is 0.368 e. The molecule has 19 heteroatoms. The Morgan fingerprint density at radius 2 is 1.58 bits per heavy atom. The Balaban J connectivity index is 0.800. The van der Waals surface area contributed by atoms with Gasteiger partial charge in [0.05, 0.1) is 38.6 Å². The van der Waals surface area contributed by atoms with Crippen molar-refractivity contribution in [3.05, 3.63) is 65.2 Å². The topological polar surface area (TPSA) is 214 Å². The van der Waals surface area contributed by atoms with Crippen LogP contribution in [0.1, 0.15) is 87.6 Å². The maximum Gasteiger partial charge on any atom is 0.234 e. The molecule has 0 bridgehead atoms. The fourth-order valence-electron chi connectivity index (χ4n) is 9.40. The molecule has 64 heavy (non-hydrogen) atoms. The molecule has 16 nitrogen and oxygen atoms in total. The van der Waals surface area contributed by atoms with Gasteiger partial charge in [0.15, 0.2) is 5.82 Å². The van der Waals surface area contributed by atoms with Crippen LogP contribution in [0.4, 0.5) is 21.8 Å². The van der Waals surface area contributed by atoms with Gasteiger partial charge in [-0.2, -0.15) is 0 Å². The second-order valence-corrected chi connectivity index (χ2v) is 20.2. The molecular formula is C45H55FN10O6S2. The number of nitrogens with zero attached hydrogens (tertiary/aromatic N) is 7. The average Bonchev–Trinajstić information content (AvgIpc) is 3.73. The Bertz CT molecular complexity index is 2460. The van der Waals surface area contributed by atoms with Gasteiger partial charge in [0.2, 0.25) is 39.6 Å². The Morgan fingerprint density at radius 1 is 0.891 bits per heavy atom. The number of hydrogen-bond acceptors (Lipinski definition) is 13. The summed E-state index contributed by atoms with van der Waals surface area (Å²) in [5, 5.41) is 3.19. The molecule has 0 saturated carbocycles. The van der Waals surface area contributed by atoms with Gasteiger partial charge < -0.3 is 20.4 Å². The maximum atomic E-state index is 16.0. The number of sulfonamides is 1. The van der Waals surface area contributed by atoms with Gasteiger partial charge >= 0.3 is 0 Å². The van der Waals surface area contributed by atoms with Gasteiger partial charge in [0.25, 0.3) is 0 Å². The third-order valence-electron chi connectivity index (χ3n) is 13.0. The van der Waals surface area contributed by atoms with Crippen molar-refractivity contribution in [3.63, 3.8) is 0 Å². The molecule has 1 aromatic carbocycles.